The maximum atomic E-state index is 13.7. The van der Waals surface area contributed by atoms with Crippen LogP contribution in [-0.4, -0.2) is 37.6 Å². The first-order chi connectivity index (χ1) is 18.6. The van der Waals surface area contributed by atoms with E-state index in [0.717, 1.165) is 28.3 Å². The molecule has 8 nitrogen and oxygen atoms in total. The van der Waals surface area contributed by atoms with Gasteiger partial charge in [0.25, 0.3) is 5.56 Å². The Kier molecular flexibility index (Phi) is 6.27. The SMILES string of the molecule is CCSc1ccc(-c2cccc(-n3c(=O)c4c[nH]nc4c4cnc(Nc5ccc(OC)cc5)nc43)c2)cc1. The molecular weight excluding hydrogens is 496 g/mol. The average molecular weight is 521 g/mol. The molecule has 0 aliphatic rings. The van der Waals surface area contributed by atoms with Gasteiger partial charge in [0.05, 0.1) is 23.6 Å². The molecule has 188 valence electrons. The summed E-state index contributed by atoms with van der Waals surface area (Å²) in [5.41, 5.74) is 4.39. The van der Waals surface area contributed by atoms with Crippen LogP contribution in [0.3, 0.4) is 0 Å². The van der Waals surface area contributed by atoms with Crippen LogP contribution in [0.4, 0.5) is 11.6 Å². The van der Waals surface area contributed by atoms with Crippen molar-refractivity contribution < 1.29 is 4.74 Å². The van der Waals surface area contributed by atoms with Crippen molar-refractivity contribution in [3.63, 3.8) is 0 Å². The molecule has 0 radical (unpaired) electrons. The second kappa shape index (κ2) is 10.0. The van der Waals surface area contributed by atoms with Crippen molar-refractivity contribution in [1.82, 2.24) is 24.7 Å². The largest absolute Gasteiger partial charge is 0.497 e. The van der Waals surface area contributed by atoms with E-state index in [0.29, 0.717) is 33.6 Å². The molecule has 3 heterocycles. The first kappa shape index (κ1) is 23.7. The van der Waals surface area contributed by atoms with Crippen LogP contribution in [0.5, 0.6) is 5.75 Å². The van der Waals surface area contributed by atoms with Gasteiger partial charge in [0, 0.05) is 23.0 Å². The van der Waals surface area contributed by atoms with Crippen molar-refractivity contribution in [2.24, 2.45) is 0 Å². The Morgan fingerprint density at radius 3 is 2.58 bits per heavy atom. The molecule has 0 bridgehead atoms. The number of nitrogens with one attached hydrogen (secondary N) is 2. The number of H-pyrrole nitrogens is 1. The lowest BCUT2D eigenvalue weighted by Gasteiger charge is -2.13. The van der Waals surface area contributed by atoms with Gasteiger partial charge in [-0.25, -0.2) is 4.98 Å². The zero-order valence-electron chi connectivity index (χ0n) is 20.8. The number of anilines is 2. The minimum Gasteiger partial charge on any atom is -0.497 e. The molecule has 2 N–H and O–H groups in total. The number of fused-ring (bicyclic) bond motifs is 3. The number of nitrogens with zero attached hydrogens (tertiary/aromatic N) is 4. The average Bonchev–Trinajstić information content (AvgIpc) is 3.45. The molecule has 6 aromatic rings. The number of hydrogen-bond acceptors (Lipinski definition) is 7. The molecule has 0 fully saturated rings. The molecule has 3 aromatic heterocycles. The summed E-state index contributed by atoms with van der Waals surface area (Å²) in [5, 5.41) is 11.5. The Morgan fingerprint density at radius 2 is 1.82 bits per heavy atom. The lowest BCUT2D eigenvalue weighted by Crippen LogP contribution is -2.20. The quantitative estimate of drug-likeness (QED) is 0.242. The summed E-state index contributed by atoms with van der Waals surface area (Å²) >= 11 is 1.81. The van der Waals surface area contributed by atoms with Crippen molar-refractivity contribution in [3.05, 3.63) is 95.5 Å². The van der Waals surface area contributed by atoms with Gasteiger partial charge in [-0.2, -0.15) is 10.1 Å². The molecular formula is C29H24N6O2S. The third kappa shape index (κ3) is 4.37. The molecule has 3 aromatic carbocycles. The Hall–Kier alpha value is -4.63. The predicted molar refractivity (Wildman–Crippen MR) is 153 cm³/mol. The van der Waals surface area contributed by atoms with E-state index in [1.165, 1.54) is 4.90 Å². The van der Waals surface area contributed by atoms with Crippen LogP contribution in [0.25, 0.3) is 38.8 Å². The molecule has 0 aliphatic carbocycles. The van der Waals surface area contributed by atoms with Crippen molar-refractivity contribution in [1.29, 1.82) is 0 Å². The Balaban J connectivity index is 1.48. The van der Waals surface area contributed by atoms with Gasteiger partial charge in [0.2, 0.25) is 5.95 Å². The van der Waals surface area contributed by atoms with Crippen LogP contribution in [-0.2, 0) is 0 Å². The fourth-order valence-electron chi connectivity index (χ4n) is 4.42. The van der Waals surface area contributed by atoms with Crippen LogP contribution >= 0.6 is 11.8 Å². The fraction of sp³-hybridized carbons (Fsp3) is 0.103. The number of ether oxygens (including phenoxy) is 1. The van der Waals surface area contributed by atoms with Crippen molar-refractivity contribution >= 4 is 45.3 Å². The van der Waals surface area contributed by atoms with E-state index in [1.807, 2.05) is 60.3 Å². The van der Waals surface area contributed by atoms with E-state index in [1.54, 1.807) is 24.1 Å². The lowest BCUT2D eigenvalue weighted by molar-refractivity contribution is 0.415. The first-order valence-electron chi connectivity index (χ1n) is 12.1. The second-order valence-electron chi connectivity index (χ2n) is 8.58. The Bertz CT molecular complexity index is 1810. The molecule has 0 saturated heterocycles. The molecule has 0 amide bonds. The van der Waals surface area contributed by atoms with E-state index in [4.69, 9.17) is 9.72 Å². The standard InChI is InChI=1S/C29H24N6O2S/c1-3-38-23-13-7-18(8-14-23)19-5-4-6-21(15-19)35-27-24(26-25(28(35)36)17-31-34-26)16-30-29(33-27)32-20-9-11-22(37-2)12-10-20/h4-17H,3H2,1-2H3,(H,31,34)(H,30,32,33). The summed E-state index contributed by atoms with van der Waals surface area (Å²) in [4.78, 5) is 24.2. The minimum atomic E-state index is -0.206. The number of aromatic nitrogens is 5. The maximum absolute atomic E-state index is 13.7. The molecule has 0 aliphatic heterocycles. The molecule has 0 spiro atoms. The third-order valence-corrected chi connectivity index (χ3v) is 7.15. The normalized spacial score (nSPS) is 11.2. The zero-order valence-corrected chi connectivity index (χ0v) is 21.6. The number of aromatic amines is 1. The van der Waals surface area contributed by atoms with Gasteiger partial charge in [0.1, 0.15) is 11.3 Å². The summed E-state index contributed by atoms with van der Waals surface area (Å²) in [6, 6.07) is 23.8. The Labute approximate surface area is 222 Å². The number of hydrogen-bond donors (Lipinski definition) is 2. The highest BCUT2D eigenvalue weighted by Gasteiger charge is 2.17. The first-order valence-corrected chi connectivity index (χ1v) is 13.1. The van der Waals surface area contributed by atoms with E-state index in [9.17, 15) is 4.79 Å². The summed E-state index contributed by atoms with van der Waals surface area (Å²) < 4.78 is 6.86. The number of rotatable bonds is 7. The minimum absolute atomic E-state index is 0.206. The van der Waals surface area contributed by atoms with Gasteiger partial charge in [-0.15, -0.1) is 11.8 Å². The number of benzene rings is 3. The Morgan fingerprint density at radius 1 is 1.00 bits per heavy atom. The zero-order chi connectivity index (χ0) is 26.1. The molecule has 9 heteroatoms. The van der Waals surface area contributed by atoms with Gasteiger partial charge in [-0.3, -0.25) is 14.5 Å². The number of thioether (sulfide) groups is 1. The van der Waals surface area contributed by atoms with Crippen LogP contribution in [0.2, 0.25) is 0 Å². The topological polar surface area (TPSA) is 97.7 Å². The van der Waals surface area contributed by atoms with Gasteiger partial charge in [-0.1, -0.05) is 31.2 Å². The van der Waals surface area contributed by atoms with Gasteiger partial charge in [-0.05, 0) is 65.4 Å². The third-order valence-electron chi connectivity index (χ3n) is 6.26. The smallest absolute Gasteiger partial charge is 0.267 e. The monoisotopic (exact) mass is 520 g/mol. The second-order valence-corrected chi connectivity index (χ2v) is 9.92. The van der Waals surface area contributed by atoms with E-state index in [2.05, 4.69) is 51.7 Å². The highest BCUT2D eigenvalue weighted by atomic mass is 32.2. The van der Waals surface area contributed by atoms with Crippen molar-refractivity contribution in [2.45, 2.75) is 11.8 Å². The maximum Gasteiger partial charge on any atom is 0.267 e. The fourth-order valence-corrected chi connectivity index (χ4v) is 5.09. The predicted octanol–water partition coefficient (Wildman–Crippen LogP) is 6.19. The number of pyridine rings is 1. The van der Waals surface area contributed by atoms with Crippen LogP contribution < -0.4 is 15.6 Å². The molecule has 38 heavy (non-hydrogen) atoms. The molecule has 0 saturated carbocycles. The highest BCUT2D eigenvalue weighted by Crippen LogP contribution is 2.28. The summed E-state index contributed by atoms with van der Waals surface area (Å²) in [6.45, 7) is 2.14. The molecule has 0 atom stereocenters. The van der Waals surface area contributed by atoms with Crippen LogP contribution in [0.1, 0.15) is 6.92 Å². The highest BCUT2D eigenvalue weighted by molar-refractivity contribution is 7.99. The summed E-state index contributed by atoms with van der Waals surface area (Å²) in [6.07, 6.45) is 3.31. The van der Waals surface area contributed by atoms with Gasteiger partial charge in [0.15, 0.2) is 5.65 Å². The van der Waals surface area contributed by atoms with E-state index < -0.39 is 0 Å². The summed E-state index contributed by atoms with van der Waals surface area (Å²) in [7, 11) is 1.62. The van der Waals surface area contributed by atoms with E-state index in [-0.39, 0.29) is 5.56 Å². The van der Waals surface area contributed by atoms with Crippen molar-refractivity contribution in [2.75, 3.05) is 18.2 Å². The van der Waals surface area contributed by atoms with Gasteiger partial charge < -0.3 is 10.1 Å². The van der Waals surface area contributed by atoms with Gasteiger partial charge >= 0.3 is 0 Å². The van der Waals surface area contributed by atoms with Crippen molar-refractivity contribution in [3.8, 4) is 22.6 Å². The van der Waals surface area contributed by atoms with E-state index >= 15 is 0 Å². The summed E-state index contributed by atoms with van der Waals surface area (Å²) in [5.74, 6) is 2.15. The number of methoxy groups -OCH3 is 1. The molecule has 0 unspecified atom stereocenters. The van der Waals surface area contributed by atoms with Crippen LogP contribution in [0, 0.1) is 0 Å². The van der Waals surface area contributed by atoms with Crippen LogP contribution in [0.15, 0.2) is 94.9 Å². The lowest BCUT2D eigenvalue weighted by atomic mass is 10.0. The molecule has 6 rings (SSSR count).